The van der Waals surface area contributed by atoms with Crippen LogP contribution in [-0.2, 0) is 15.1 Å². The topological polar surface area (TPSA) is 84.7 Å². The molecule has 0 radical (unpaired) electrons. The lowest BCUT2D eigenvalue weighted by molar-refractivity contribution is -0.137. The molecule has 7 nitrogen and oxygen atoms in total. The van der Waals surface area contributed by atoms with Crippen LogP contribution in [0.4, 0.5) is 0 Å². The van der Waals surface area contributed by atoms with Gasteiger partial charge in [-0.25, -0.2) is 0 Å². The zero-order valence-corrected chi connectivity index (χ0v) is 15.9. The van der Waals surface area contributed by atoms with E-state index in [0.717, 1.165) is 31.4 Å². The van der Waals surface area contributed by atoms with Gasteiger partial charge in [0.25, 0.3) is 5.91 Å². The Morgan fingerprint density at radius 3 is 2.46 bits per heavy atom. The van der Waals surface area contributed by atoms with E-state index in [1.54, 1.807) is 4.90 Å². The fourth-order valence-corrected chi connectivity index (χ4v) is 3.52. The van der Waals surface area contributed by atoms with Gasteiger partial charge < -0.3 is 14.7 Å². The molecule has 2 fully saturated rings. The summed E-state index contributed by atoms with van der Waals surface area (Å²) in [6.45, 7) is 7.67. The van der Waals surface area contributed by atoms with Crippen molar-refractivity contribution in [2.75, 3.05) is 19.8 Å². The second-order valence-electron chi connectivity index (χ2n) is 8.30. The van der Waals surface area contributed by atoms with E-state index in [1.165, 1.54) is 0 Å². The van der Waals surface area contributed by atoms with Crippen LogP contribution in [0.5, 0.6) is 0 Å². The molecule has 1 aliphatic heterocycles. The Labute approximate surface area is 154 Å². The van der Waals surface area contributed by atoms with Crippen LogP contribution in [0, 0.1) is 0 Å². The van der Waals surface area contributed by atoms with E-state index in [9.17, 15) is 9.59 Å². The molecule has 0 bridgehead atoms. The lowest BCUT2D eigenvalue weighted by atomic mass is 10.1. The highest BCUT2D eigenvalue weighted by Crippen LogP contribution is 2.42. The predicted octanol–water partition coefficient (Wildman–Crippen LogP) is 2.61. The summed E-state index contributed by atoms with van der Waals surface area (Å²) in [5.74, 6) is -0.573. The van der Waals surface area contributed by atoms with Crippen molar-refractivity contribution in [3.63, 3.8) is 0 Å². The summed E-state index contributed by atoms with van der Waals surface area (Å²) >= 11 is 0. The zero-order valence-electron chi connectivity index (χ0n) is 15.9. The molecule has 144 valence electrons. The number of carboxylic acids is 1. The van der Waals surface area contributed by atoms with E-state index in [2.05, 4.69) is 25.9 Å². The van der Waals surface area contributed by atoms with Crippen LogP contribution in [-0.4, -0.2) is 57.5 Å². The zero-order chi connectivity index (χ0) is 18.9. The van der Waals surface area contributed by atoms with E-state index < -0.39 is 5.97 Å². The largest absolute Gasteiger partial charge is 0.481 e. The number of carbonyl (C=O) groups is 2. The summed E-state index contributed by atoms with van der Waals surface area (Å²) in [5, 5.41) is 13.7. The summed E-state index contributed by atoms with van der Waals surface area (Å²) in [6.07, 6.45) is 3.69. The molecule has 26 heavy (non-hydrogen) atoms. The number of hydrogen-bond donors (Lipinski definition) is 1. The molecular weight excluding hydrogens is 334 g/mol. The monoisotopic (exact) mass is 363 g/mol. The Kier molecular flexibility index (Phi) is 5.37. The lowest BCUT2D eigenvalue weighted by Gasteiger charge is -2.33. The average Bonchev–Trinajstić information content (AvgIpc) is 3.32. The maximum Gasteiger partial charge on any atom is 0.305 e. The van der Waals surface area contributed by atoms with Crippen LogP contribution >= 0.6 is 0 Å². The summed E-state index contributed by atoms with van der Waals surface area (Å²) in [4.78, 5) is 26.0. The SMILES string of the molecule is CC(C)(C)n1nc(C(=O)N(CCC(=O)O)C2CCOCC2)cc1C1CC1. The number of aromatic nitrogens is 2. The van der Waals surface area contributed by atoms with Gasteiger partial charge in [-0.1, -0.05) is 0 Å². The molecule has 1 saturated heterocycles. The second-order valence-corrected chi connectivity index (χ2v) is 8.30. The van der Waals surface area contributed by atoms with Crippen LogP contribution in [0.3, 0.4) is 0 Å². The van der Waals surface area contributed by atoms with Crippen molar-refractivity contribution in [1.82, 2.24) is 14.7 Å². The van der Waals surface area contributed by atoms with Gasteiger partial charge in [0.05, 0.1) is 12.0 Å². The fourth-order valence-electron chi connectivity index (χ4n) is 3.52. The first-order chi connectivity index (χ1) is 12.3. The van der Waals surface area contributed by atoms with Gasteiger partial charge in [0.2, 0.25) is 0 Å². The third kappa shape index (κ3) is 4.26. The van der Waals surface area contributed by atoms with Gasteiger partial charge in [-0.3, -0.25) is 14.3 Å². The predicted molar refractivity (Wildman–Crippen MR) is 96.3 cm³/mol. The third-order valence-electron chi connectivity index (χ3n) is 5.05. The van der Waals surface area contributed by atoms with Crippen LogP contribution in [0.25, 0.3) is 0 Å². The molecule has 7 heteroatoms. The highest BCUT2D eigenvalue weighted by atomic mass is 16.5. The van der Waals surface area contributed by atoms with Crippen molar-refractivity contribution in [1.29, 1.82) is 0 Å². The van der Waals surface area contributed by atoms with E-state index in [-0.39, 0.29) is 30.5 Å². The van der Waals surface area contributed by atoms with Gasteiger partial charge in [0.15, 0.2) is 5.69 Å². The summed E-state index contributed by atoms with van der Waals surface area (Å²) in [7, 11) is 0. The highest BCUT2D eigenvalue weighted by molar-refractivity contribution is 5.93. The first-order valence-electron chi connectivity index (χ1n) is 9.48. The van der Waals surface area contributed by atoms with Gasteiger partial charge in [0, 0.05) is 37.4 Å². The van der Waals surface area contributed by atoms with Crippen LogP contribution in [0.2, 0.25) is 0 Å². The Morgan fingerprint density at radius 2 is 1.92 bits per heavy atom. The Balaban J connectivity index is 1.86. The van der Waals surface area contributed by atoms with Crippen molar-refractivity contribution in [3.8, 4) is 0 Å². The minimum atomic E-state index is -0.895. The lowest BCUT2D eigenvalue weighted by Crippen LogP contribution is -2.44. The minimum Gasteiger partial charge on any atom is -0.481 e. The number of hydrogen-bond acceptors (Lipinski definition) is 4. The van der Waals surface area contributed by atoms with Gasteiger partial charge in [0.1, 0.15) is 0 Å². The quantitative estimate of drug-likeness (QED) is 0.840. The van der Waals surface area contributed by atoms with Crippen molar-refractivity contribution in [3.05, 3.63) is 17.5 Å². The normalized spacial score (nSPS) is 18.7. The molecule has 0 unspecified atom stereocenters. The molecule has 2 aliphatic rings. The van der Waals surface area contributed by atoms with Crippen LogP contribution in [0.15, 0.2) is 6.07 Å². The Morgan fingerprint density at radius 1 is 1.27 bits per heavy atom. The van der Waals surface area contributed by atoms with Crippen molar-refractivity contribution >= 4 is 11.9 Å². The van der Waals surface area contributed by atoms with Gasteiger partial charge in [-0.15, -0.1) is 0 Å². The molecular formula is C19H29N3O4. The number of carboxylic acid groups (broad SMARTS) is 1. The third-order valence-corrected chi connectivity index (χ3v) is 5.05. The van der Waals surface area contributed by atoms with Gasteiger partial charge in [-0.2, -0.15) is 5.10 Å². The molecule has 0 atom stereocenters. The molecule has 1 N–H and O–H groups in total. The maximum absolute atomic E-state index is 13.2. The summed E-state index contributed by atoms with van der Waals surface area (Å²) < 4.78 is 7.36. The molecule has 1 aliphatic carbocycles. The first-order valence-corrected chi connectivity index (χ1v) is 9.48. The second kappa shape index (κ2) is 7.39. The van der Waals surface area contributed by atoms with Crippen LogP contribution < -0.4 is 0 Å². The Bertz CT molecular complexity index is 667. The highest BCUT2D eigenvalue weighted by Gasteiger charge is 2.34. The molecule has 0 spiro atoms. The van der Waals surface area contributed by atoms with E-state index >= 15 is 0 Å². The van der Waals surface area contributed by atoms with E-state index in [4.69, 9.17) is 9.84 Å². The average molecular weight is 363 g/mol. The smallest absolute Gasteiger partial charge is 0.305 e. The number of ether oxygens (including phenoxy) is 1. The summed E-state index contributed by atoms with van der Waals surface area (Å²) in [6, 6.07) is 1.93. The number of carbonyl (C=O) groups excluding carboxylic acids is 1. The first kappa shape index (κ1) is 18.9. The number of aliphatic carboxylic acids is 1. The van der Waals surface area contributed by atoms with Gasteiger partial charge >= 0.3 is 5.97 Å². The van der Waals surface area contributed by atoms with Crippen molar-refractivity contribution in [2.45, 2.75) is 70.4 Å². The molecule has 3 rings (SSSR count). The van der Waals surface area contributed by atoms with E-state index in [1.807, 2.05) is 10.7 Å². The molecule has 1 aromatic rings. The van der Waals surface area contributed by atoms with Crippen LogP contribution in [0.1, 0.15) is 75.0 Å². The minimum absolute atomic E-state index is 0.0137. The molecule has 1 aromatic heterocycles. The number of amides is 1. The van der Waals surface area contributed by atoms with Crippen molar-refractivity contribution < 1.29 is 19.4 Å². The summed E-state index contributed by atoms with van der Waals surface area (Å²) in [5.41, 5.74) is 1.35. The molecule has 2 heterocycles. The molecule has 1 amide bonds. The van der Waals surface area contributed by atoms with Gasteiger partial charge in [-0.05, 0) is 52.5 Å². The van der Waals surface area contributed by atoms with E-state index in [0.29, 0.717) is 24.8 Å². The fraction of sp³-hybridized carbons (Fsp3) is 0.737. The Hall–Kier alpha value is -1.89. The molecule has 0 aromatic carbocycles. The number of rotatable bonds is 6. The van der Waals surface area contributed by atoms with Crippen molar-refractivity contribution in [2.24, 2.45) is 0 Å². The number of nitrogens with zero attached hydrogens (tertiary/aromatic N) is 3. The molecule has 1 saturated carbocycles. The standard InChI is InChI=1S/C19H29N3O4/c1-19(2,3)22-16(13-4-5-13)12-15(20-22)18(25)21(9-6-17(23)24)14-7-10-26-11-8-14/h12-14H,4-11H2,1-3H3,(H,23,24). The maximum atomic E-state index is 13.2.